The maximum atomic E-state index is 13.3. The highest BCUT2D eigenvalue weighted by Gasteiger charge is 2.23. The maximum Gasteiger partial charge on any atom is 0.246 e. The van der Waals surface area contributed by atoms with Crippen LogP contribution in [0.15, 0.2) is 23.1 Å². The van der Waals surface area contributed by atoms with Gasteiger partial charge in [-0.05, 0) is 25.6 Å². The van der Waals surface area contributed by atoms with Crippen LogP contribution in [0, 0.1) is 11.6 Å². The molecular formula is C11H17ClF2N2O2S. The number of nitrogens with one attached hydrogen (secondary N) is 2. The minimum absolute atomic E-state index is 0. The van der Waals surface area contributed by atoms with Gasteiger partial charge in [0.2, 0.25) is 10.0 Å². The minimum Gasteiger partial charge on any atom is -0.313 e. The molecule has 0 spiro atoms. The highest BCUT2D eigenvalue weighted by atomic mass is 35.5. The molecule has 0 radical (unpaired) electrons. The van der Waals surface area contributed by atoms with Crippen LogP contribution >= 0.6 is 12.4 Å². The van der Waals surface area contributed by atoms with E-state index >= 15 is 0 Å². The van der Waals surface area contributed by atoms with Gasteiger partial charge in [0.1, 0.15) is 11.6 Å². The van der Waals surface area contributed by atoms with E-state index in [2.05, 4.69) is 10.0 Å². The molecule has 19 heavy (non-hydrogen) atoms. The fourth-order valence-corrected chi connectivity index (χ4v) is 2.73. The summed E-state index contributed by atoms with van der Waals surface area (Å²) in [5.41, 5.74) is 0. The molecule has 0 fully saturated rings. The first-order valence-corrected chi connectivity index (χ1v) is 7.04. The zero-order valence-electron chi connectivity index (χ0n) is 10.6. The molecule has 110 valence electrons. The fraction of sp³-hybridized carbons (Fsp3) is 0.455. The van der Waals surface area contributed by atoms with Gasteiger partial charge in [-0.2, -0.15) is 0 Å². The van der Waals surface area contributed by atoms with Crippen molar-refractivity contribution in [1.82, 2.24) is 10.0 Å². The van der Waals surface area contributed by atoms with E-state index in [1.165, 1.54) is 0 Å². The monoisotopic (exact) mass is 314 g/mol. The SMILES string of the molecule is CCN[C@H](C)CNS(=O)(=O)c1c(F)cccc1F.Cl. The first-order valence-electron chi connectivity index (χ1n) is 5.55. The van der Waals surface area contributed by atoms with E-state index in [9.17, 15) is 17.2 Å². The molecule has 8 heteroatoms. The van der Waals surface area contributed by atoms with Gasteiger partial charge in [0, 0.05) is 12.6 Å². The average molecular weight is 315 g/mol. The molecule has 4 nitrogen and oxygen atoms in total. The molecular weight excluding hydrogens is 298 g/mol. The molecule has 1 aromatic carbocycles. The van der Waals surface area contributed by atoms with Crippen molar-refractivity contribution in [1.29, 1.82) is 0 Å². The van der Waals surface area contributed by atoms with E-state index in [4.69, 9.17) is 0 Å². The largest absolute Gasteiger partial charge is 0.313 e. The van der Waals surface area contributed by atoms with Gasteiger partial charge in [0.25, 0.3) is 0 Å². The molecule has 0 saturated heterocycles. The topological polar surface area (TPSA) is 58.2 Å². The van der Waals surface area contributed by atoms with Gasteiger partial charge in [-0.3, -0.25) is 0 Å². The van der Waals surface area contributed by atoms with Gasteiger partial charge >= 0.3 is 0 Å². The second kappa shape index (κ2) is 7.74. The van der Waals surface area contributed by atoms with Crippen LogP contribution in [-0.4, -0.2) is 27.5 Å². The smallest absolute Gasteiger partial charge is 0.246 e. The molecule has 0 aromatic heterocycles. The zero-order chi connectivity index (χ0) is 13.8. The van der Waals surface area contributed by atoms with Crippen LogP contribution < -0.4 is 10.0 Å². The fourth-order valence-electron chi connectivity index (χ4n) is 1.47. The minimum atomic E-state index is -4.18. The molecule has 0 unspecified atom stereocenters. The second-order valence-electron chi connectivity index (χ2n) is 3.86. The lowest BCUT2D eigenvalue weighted by molar-refractivity contribution is 0.504. The Morgan fingerprint density at radius 3 is 2.26 bits per heavy atom. The summed E-state index contributed by atoms with van der Waals surface area (Å²) >= 11 is 0. The van der Waals surface area contributed by atoms with Crippen LogP contribution in [0.1, 0.15) is 13.8 Å². The molecule has 0 bridgehead atoms. The summed E-state index contributed by atoms with van der Waals surface area (Å²) in [5, 5.41) is 2.98. The number of benzene rings is 1. The van der Waals surface area contributed by atoms with E-state index in [0.29, 0.717) is 6.54 Å². The Morgan fingerprint density at radius 1 is 1.26 bits per heavy atom. The summed E-state index contributed by atoms with van der Waals surface area (Å²) in [6.07, 6.45) is 0. The molecule has 1 atom stereocenters. The van der Waals surface area contributed by atoms with E-state index in [1.54, 1.807) is 6.92 Å². The number of hydrogen-bond acceptors (Lipinski definition) is 3. The highest BCUT2D eigenvalue weighted by Crippen LogP contribution is 2.17. The van der Waals surface area contributed by atoms with Crippen molar-refractivity contribution in [3.63, 3.8) is 0 Å². The first-order chi connectivity index (χ1) is 8.38. The second-order valence-corrected chi connectivity index (χ2v) is 5.57. The average Bonchev–Trinajstić information content (AvgIpc) is 2.26. The van der Waals surface area contributed by atoms with E-state index in [1.807, 2.05) is 6.92 Å². The standard InChI is InChI=1S/C11H16F2N2O2S.ClH/c1-3-14-8(2)7-15-18(16,17)11-9(12)5-4-6-10(11)13;/h4-6,8,14-15H,3,7H2,1-2H3;1H/t8-;/m1./s1. The molecule has 1 rings (SSSR count). The van der Waals surface area contributed by atoms with Crippen LogP contribution in [0.25, 0.3) is 0 Å². The van der Waals surface area contributed by atoms with Crippen molar-refractivity contribution >= 4 is 22.4 Å². The highest BCUT2D eigenvalue weighted by molar-refractivity contribution is 7.89. The predicted molar refractivity (Wildman–Crippen MR) is 71.9 cm³/mol. The van der Waals surface area contributed by atoms with Crippen LogP contribution in [0.3, 0.4) is 0 Å². The molecule has 1 aromatic rings. The number of likely N-dealkylation sites (N-methyl/N-ethyl adjacent to an activating group) is 1. The third-order valence-corrected chi connectivity index (χ3v) is 3.79. The summed E-state index contributed by atoms with van der Waals surface area (Å²) in [6.45, 7) is 4.38. The lowest BCUT2D eigenvalue weighted by Gasteiger charge is -2.14. The van der Waals surface area contributed by atoms with Gasteiger partial charge in [0.15, 0.2) is 4.90 Å². The third-order valence-electron chi connectivity index (χ3n) is 2.32. The predicted octanol–water partition coefficient (Wildman–Crippen LogP) is 1.66. The lowest BCUT2D eigenvalue weighted by Crippen LogP contribution is -2.39. The Balaban J connectivity index is 0.00000324. The summed E-state index contributed by atoms with van der Waals surface area (Å²) in [5.74, 6) is -2.20. The van der Waals surface area contributed by atoms with Crippen LogP contribution in [0.5, 0.6) is 0 Å². The van der Waals surface area contributed by atoms with E-state index in [0.717, 1.165) is 18.2 Å². The summed E-state index contributed by atoms with van der Waals surface area (Å²) in [6, 6.07) is 2.81. The third kappa shape index (κ3) is 5.02. The van der Waals surface area contributed by atoms with Crippen LogP contribution in [0.2, 0.25) is 0 Å². The van der Waals surface area contributed by atoms with Crippen molar-refractivity contribution < 1.29 is 17.2 Å². The molecule has 0 aliphatic rings. The van der Waals surface area contributed by atoms with Crippen molar-refractivity contribution in [3.8, 4) is 0 Å². The number of rotatable bonds is 6. The van der Waals surface area contributed by atoms with Crippen LogP contribution in [-0.2, 0) is 10.0 Å². The number of halogens is 3. The molecule has 2 N–H and O–H groups in total. The van der Waals surface area contributed by atoms with Gasteiger partial charge in [-0.25, -0.2) is 21.9 Å². The molecule has 0 saturated carbocycles. The van der Waals surface area contributed by atoms with Gasteiger partial charge in [-0.1, -0.05) is 13.0 Å². The quantitative estimate of drug-likeness (QED) is 0.839. The van der Waals surface area contributed by atoms with Crippen LogP contribution in [0.4, 0.5) is 8.78 Å². The molecule has 0 amide bonds. The Bertz CT molecular complexity index is 491. The van der Waals surface area contributed by atoms with E-state index in [-0.39, 0.29) is 25.0 Å². The summed E-state index contributed by atoms with van der Waals surface area (Å²) in [4.78, 5) is -0.936. The Hall–Kier alpha value is -0.760. The summed E-state index contributed by atoms with van der Waals surface area (Å²) in [7, 11) is -4.18. The first kappa shape index (κ1) is 18.2. The van der Waals surface area contributed by atoms with Gasteiger partial charge < -0.3 is 5.32 Å². The normalized spacial score (nSPS) is 12.8. The number of sulfonamides is 1. The Labute approximate surface area is 118 Å². The zero-order valence-corrected chi connectivity index (χ0v) is 12.2. The summed E-state index contributed by atoms with van der Waals surface area (Å²) < 4.78 is 52.4. The van der Waals surface area contributed by atoms with Crippen molar-refractivity contribution in [3.05, 3.63) is 29.8 Å². The van der Waals surface area contributed by atoms with Gasteiger partial charge in [0.05, 0.1) is 0 Å². The lowest BCUT2D eigenvalue weighted by atomic mass is 10.3. The van der Waals surface area contributed by atoms with Crippen molar-refractivity contribution in [2.24, 2.45) is 0 Å². The van der Waals surface area contributed by atoms with Gasteiger partial charge in [-0.15, -0.1) is 12.4 Å². The van der Waals surface area contributed by atoms with Crippen molar-refractivity contribution in [2.75, 3.05) is 13.1 Å². The molecule has 0 aliphatic heterocycles. The Kier molecular flexibility index (Phi) is 7.43. The van der Waals surface area contributed by atoms with E-state index < -0.39 is 26.6 Å². The number of hydrogen-bond donors (Lipinski definition) is 2. The molecule has 0 aliphatic carbocycles. The maximum absolute atomic E-state index is 13.3. The molecule has 0 heterocycles. The Morgan fingerprint density at radius 2 is 1.79 bits per heavy atom. The van der Waals surface area contributed by atoms with Crippen molar-refractivity contribution in [2.45, 2.75) is 24.8 Å².